The molecule has 25 heavy (non-hydrogen) atoms. The molecule has 0 amide bonds. The number of nitrogens with zero attached hydrogens (tertiary/aromatic N) is 2. The van der Waals surface area contributed by atoms with Crippen molar-refractivity contribution in [3.63, 3.8) is 0 Å². The lowest BCUT2D eigenvalue weighted by molar-refractivity contribution is -0.384. The maximum Gasteiger partial charge on any atom is 0.416 e. The van der Waals surface area contributed by atoms with E-state index in [2.05, 4.69) is 5.32 Å². The average Bonchev–Trinajstić information content (AvgIpc) is 2.52. The van der Waals surface area contributed by atoms with Crippen LogP contribution in [0.25, 0.3) is 0 Å². The minimum absolute atomic E-state index is 0.0513. The summed E-state index contributed by atoms with van der Waals surface area (Å²) < 4.78 is 38.1. The van der Waals surface area contributed by atoms with Gasteiger partial charge in [-0.25, -0.2) is 0 Å². The van der Waals surface area contributed by atoms with Crippen molar-refractivity contribution >= 4 is 11.4 Å². The van der Waals surface area contributed by atoms with Gasteiger partial charge >= 0.3 is 6.18 Å². The molecule has 2 rings (SSSR count). The van der Waals surface area contributed by atoms with Crippen molar-refractivity contribution in [2.45, 2.75) is 19.3 Å². The lowest BCUT2D eigenvalue weighted by Crippen LogP contribution is -2.10. The van der Waals surface area contributed by atoms with E-state index in [4.69, 9.17) is 0 Å². The first-order valence-electron chi connectivity index (χ1n) is 7.49. The summed E-state index contributed by atoms with van der Waals surface area (Å²) in [6, 6.07) is 10.1. The number of nitro benzene ring substituents is 1. The smallest absolute Gasteiger partial charge is 0.375 e. The maximum absolute atomic E-state index is 12.7. The molecule has 0 aliphatic heterocycles. The molecule has 0 saturated carbocycles. The van der Waals surface area contributed by atoms with Crippen molar-refractivity contribution in [1.29, 1.82) is 0 Å². The summed E-state index contributed by atoms with van der Waals surface area (Å²) in [6.07, 6.45) is -4.62. The molecule has 0 fully saturated rings. The standard InChI is InChI=1S/C17H18F3N3O2/c1-22(2)11-13-5-3-12(4-6-13)10-21-15-8-7-14(17(18,19)20)9-16(15)23(24)25/h3-9,21H,10-11H2,1-2H3. The van der Waals surface area contributed by atoms with Crippen LogP contribution in [0.4, 0.5) is 24.5 Å². The third-order valence-electron chi connectivity index (χ3n) is 3.53. The zero-order chi connectivity index (χ0) is 18.6. The van der Waals surface area contributed by atoms with Crippen LogP contribution in [0.2, 0.25) is 0 Å². The number of alkyl halides is 3. The lowest BCUT2D eigenvalue weighted by atomic mass is 10.1. The van der Waals surface area contributed by atoms with Crippen molar-refractivity contribution in [2.24, 2.45) is 0 Å². The van der Waals surface area contributed by atoms with Crippen LogP contribution in [-0.2, 0) is 19.3 Å². The molecule has 1 N–H and O–H groups in total. The highest BCUT2D eigenvalue weighted by molar-refractivity contribution is 5.63. The summed E-state index contributed by atoms with van der Waals surface area (Å²) >= 11 is 0. The zero-order valence-electron chi connectivity index (χ0n) is 13.8. The van der Waals surface area contributed by atoms with Crippen molar-refractivity contribution < 1.29 is 18.1 Å². The second kappa shape index (κ2) is 7.52. The third kappa shape index (κ3) is 5.18. The predicted octanol–water partition coefficient (Wildman–Crippen LogP) is 4.29. The second-order valence-corrected chi connectivity index (χ2v) is 5.89. The van der Waals surface area contributed by atoms with Gasteiger partial charge in [-0.15, -0.1) is 0 Å². The Balaban J connectivity index is 2.13. The Morgan fingerprint density at radius 2 is 1.68 bits per heavy atom. The van der Waals surface area contributed by atoms with Gasteiger partial charge in [-0.3, -0.25) is 10.1 Å². The van der Waals surface area contributed by atoms with Crippen LogP contribution < -0.4 is 5.32 Å². The molecular formula is C17H18F3N3O2. The molecule has 0 aliphatic rings. The Morgan fingerprint density at radius 1 is 1.08 bits per heavy atom. The van der Waals surface area contributed by atoms with Gasteiger partial charge < -0.3 is 10.2 Å². The largest absolute Gasteiger partial charge is 0.416 e. The molecule has 5 nitrogen and oxygen atoms in total. The number of rotatable bonds is 6. The predicted molar refractivity (Wildman–Crippen MR) is 89.3 cm³/mol. The van der Waals surface area contributed by atoms with E-state index in [-0.39, 0.29) is 12.2 Å². The van der Waals surface area contributed by atoms with Crippen LogP contribution >= 0.6 is 0 Å². The van der Waals surface area contributed by atoms with E-state index in [9.17, 15) is 23.3 Å². The fraction of sp³-hybridized carbons (Fsp3) is 0.294. The van der Waals surface area contributed by atoms with Crippen molar-refractivity contribution in [3.05, 3.63) is 69.3 Å². The Kier molecular flexibility index (Phi) is 5.63. The van der Waals surface area contributed by atoms with Crippen LogP contribution in [0, 0.1) is 10.1 Å². The van der Waals surface area contributed by atoms with Gasteiger partial charge in [0.1, 0.15) is 5.69 Å². The van der Waals surface area contributed by atoms with E-state index in [0.717, 1.165) is 29.8 Å². The third-order valence-corrected chi connectivity index (χ3v) is 3.53. The molecule has 0 radical (unpaired) electrons. The Hall–Kier alpha value is -2.61. The van der Waals surface area contributed by atoms with Crippen LogP contribution in [-0.4, -0.2) is 23.9 Å². The van der Waals surface area contributed by atoms with Gasteiger partial charge in [0.2, 0.25) is 0 Å². The number of hydrogen-bond donors (Lipinski definition) is 1. The summed E-state index contributed by atoms with van der Waals surface area (Å²) in [7, 11) is 3.92. The van der Waals surface area contributed by atoms with Gasteiger partial charge in [0.05, 0.1) is 10.5 Å². The average molecular weight is 353 g/mol. The zero-order valence-corrected chi connectivity index (χ0v) is 13.8. The summed E-state index contributed by atoms with van der Waals surface area (Å²) in [5, 5.41) is 13.9. The monoisotopic (exact) mass is 353 g/mol. The van der Waals surface area contributed by atoms with Crippen LogP contribution in [0.3, 0.4) is 0 Å². The molecule has 0 aromatic heterocycles. The van der Waals surface area contributed by atoms with Crippen molar-refractivity contribution in [3.8, 4) is 0 Å². The fourth-order valence-corrected chi connectivity index (χ4v) is 2.33. The second-order valence-electron chi connectivity index (χ2n) is 5.89. The Labute approximate surface area is 143 Å². The number of benzene rings is 2. The minimum atomic E-state index is -4.62. The Bertz CT molecular complexity index is 744. The molecule has 2 aromatic carbocycles. The molecule has 0 atom stereocenters. The van der Waals surface area contributed by atoms with Gasteiger partial charge in [0.15, 0.2) is 0 Å². The molecule has 2 aromatic rings. The van der Waals surface area contributed by atoms with E-state index < -0.39 is 22.4 Å². The molecular weight excluding hydrogens is 335 g/mol. The van der Waals surface area contributed by atoms with Crippen LogP contribution in [0.5, 0.6) is 0 Å². The van der Waals surface area contributed by atoms with Crippen molar-refractivity contribution in [1.82, 2.24) is 4.90 Å². The number of anilines is 1. The summed E-state index contributed by atoms with van der Waals surface area (Å²) in [5.41, 5.74) is 0.401. The van der Waals surface area contributed by atoms with Gasteiger partial charge in [-0.2, -0.15) is 13.2 Å². The summed E-state index contributed by atoms with van der Waals surface area (Å²) in [4.78, 5) is 12.3. The molecule has 0 unspecified atom stereocenters. The van der Waals surface area contributed by atoms with Crippen LogP contribution in [0.15, 0.2) is 42.5 Å². The summed E-state index contributed by atoms with van der Waals surface area (Å²) in [5.74, 6) is 0. The molecule has 8 heteroatoms. The topological polar surface area (TPSA) is 58.4 Å². The minimum Gasteiger partial charge on any atom is -0.375 e. The molecule has 0 spiro atoms. The number of hydrogen-bond acceptors (Lipinski definition) is 4. The van der Waals surface area contributed by atoms with Gasteiger partial charge in [0.25, 0.3) is 5.69 Å². The molecule has 0 saturated heterocycles. The highest BCUT2D eigenvalue weighted by atomic mass is 19.4. The van der Waals surface area contributed by atoms with Gasteiger partial charge in [-0.1, -0.05) is 24.3 Å². The van der Waals surface area contributed by atoms with E-state index in [1.807, 2.05) is 43.3 Å². The number of nitro groups is 1. The first-order valence-corrected chi connectivity index (χ1v) is 7.49. The SMILES string of the molecule is CN(C)Cc1ccc(CNc2ccc(C(F)(F)F)cc2[N+](=O)[O-])cc1. The normalized spacial score (nSPS) is 11.6. The molecule has 0 heterocycles. The van der Waals surface area contributed by atoms with E-state index in [1.54, 1.807) is 0 Å². The molecule has 0 bridgehead atoms. The highest BCUT2D eigenvalue weighted by Crippen LogP contribution is 2.35. The van der Waals surface area contributed by atoms with E-state index in [0.29, 0.717) is 6.07 Å². The number of halogens is 3. The van der Waals surface area contributed by atoms with E-state index in [1.165, 1.54) is 0 Å². The highest BCUT2D eigenvalue weighted by Gasteiger charge is 2.32. The first-order chi connectivity index (χ1) is 11.7. The lowest BCUT2D eigenvalue weighted by Gasteiger charge is -2.12. The first kappa shape index (κ1) is 18.7. The Morgan fingerprint density at radius 3 is 2.20 bits per heavy atom. The quantitative estimate of drug-likeness (QED) is 0.622. The maximum atomic E-state index is 12.7. The van der Waals surface area contributed by atoms with E-state index >= 15 is 0 Å². The summed E-state index contributed by atoms with van der Waals surface area (Å²) in [6.45, 7) is 1.06. The number of nitrogens with one attached hydrogen (secondary N) is 1. The molecule has 134 valence electrons. The van der Waals surface area contributed by atoms with Gasteiger partial charge in [-0.05, 0) is 37.4 Å². The fourth-order valence-electron chi connectivity index (χ4n) is 2.33. The van der Waals surface area contributed by atoms with Crippen LogP contribution in [0.1, 0.15) is 16.7 Å². The van der Waals surface area contributed by atoms with Crippen molar-refractivity contribution in [2.75, 3.05) is 19.4 Å². The molecule has 0 aliphatic carbocycles. The van der Waals surface area contributed by atoms with Gasteiger partial charge in [0, 0.05) is 19.2 Å².